The van der Waals surface area contributed by atoms with E-state index in [9.17, 15) is 14.4 Å². The maximum Gasteiger partial charge on any atom is 0.268 e. The summed E-state index contributed by atoms with van der Waals surface area (Å²) in [4.78, 5) is 44.3. The van der Waals surface area contributed by atoms with Gasteiger partial charge in [0.15, 0.2) is 0 Å². The predicted molar refractivity (Wildman–Crippen MR) is 147 cm³/mol. The maximum absolute atomic E-state index is 13.1. The first kappa shape index (κ1) is 25.2. The smallest absolute Gasteiger partial charge is 0.268 e. The molecule has 0 radical (unpaired) electrons. The highest BCUT2D eigenvalue weighted by Crippen LogP contribution is 2.43. The molecule has 2 aliphatic rings. The number of benzene rings is 1. The zero-order valence-corrected chi connectivity index (χ0v) is 21.9. The molecule has 0 spiro atoms. The Bertz CT molecular complexity index is 1320. The molecule has 0 atom stereocenters. The van der Waals surface area contributed by atoms with E-state index in [0.29, 0.717) is 28.3 Å². The van der Waals surface area contributed by atoms with Gasteiger partial charge < -0.3 is 14.8 Å². The first-order chi connectivity index (χ1) is 17.9. The van der Waals surface area contributed by atoms with Crippen molar-refractivity contribution in [2.24, 2.45) is 11.8 Å². The topological polar surface area (TPSA) is 96.3 Å². The van der Waals surface area contributed by atoms with E-state index in [2.05, 4.69) is 21.8 Å². The lowest BCUT2D eigenvalue weighted by Crippen LogP contribution is -2.33. The monoisotopic (exact) mass is 519 g/mol. The van der Waals surface area contributed by atoms with Crippen molar-refractivity contribution in [3.63, 3.8) is 0 Å². The van der Waals surface area contributed by atoms with Gasteiger partial charge in [-0.15, -0.1) is 11.3 Å². The molecule has 2 N–H and O–H groups in total. The predicted octanol–water partition coefficient (Wildman–Crippen LogP) is 5.46. The van der Waals surface area contributed by atoms with Gasteiger partial charge in [0, 0.05) is 25.6 Å². The van der Waals surface area contributed by atoms with Crippen LogP contribution in [-0.2, 0) is 9.59 Å². The number of amides is 3. The second kappa shape index (κ2) is 10.9. The molecule has 2 fully saturated rings. The number of rotatable bonds is 9. The van der Waals surface area contributed by atoms with Crippen molar-refractivity contribution in [1.82, 2.24) is 14.5 Å². The third-order valence-electron chi connectivity index (χ3n) is 7.62. The van der Waals surface area contributed by atoms with Gasteiger partial charge in [0.2, 0.25) is 17.8 Å². The van der Waals surface area contributed by atoms with Crippen molar-refractivity contribution in [3.8, 4) is 0 Å². The Morgan fingerprint density at radius 1 is 1.14 bits per heavy atom. The van der Waals surface area contributed by atoms with Gasteiger partial charge in [0.05, 0.1) is 20.9 Å². The molecule has 0 unspecified atom stereocenters. The van der Waals surface area contributed by atoms with Gasteiger partial charge in [-0.25, -0.2) is 4.98 Å². The van der Waals surface area contributed by atoms with Crippen LogP contribution in [0.5, 0.6) is 0 Å². The molecule has 2 saturated carbocycles. The number of nitrogens with zero attached hydrogens (tertiary/aromatic N) is 3. The van der Waals surface area contributed by atoms with E-state index in [0.717, 1.165) is 56.0 Å². The van der Waals surface area contributed by atoms with Crippen LogP contribution >= 0.6 is 11.3 Å². The van der Waals surface area contributed by atoms with Gasteiger partial charge in [0.1, 0.15) is 0 Å². The van der Waals surface area contributed by atoms with Crippen LogP contribution < -0.4 is 10.6 Å². The standard InChI is InChI=1S/C28H33N5O3S/c1-3-25(34)32(2)15-14-18-16-20(17-18)33-22-11-7-6-10-21(22)29-28(33)31-27(36)23-12-13-24(37-23)30-26(35)19-8-4-5-9-19/h3,6-7,10-13,18-20H,1,4-5,8-9,14-17H2,2H3,(H,30,35)(H,29,31,36). The fourth-order valence-electron chi connectivity index (χ4n) is 5.39. The molecule has 194 valence electrons. The number of carbonyl (C=O) groups excluding carboxylic acids is 3. The van der Waals surface area contributed by atoms with Gasteiger partial charge in [-0.05, 0) is 68.4 Å². The lowest BCUT2D eigenvalue weighted by Gasteiger charge is -2.38. The van der Waals surface area contributed by atoms with Crippen molar-refractivity contribution in [3.05, 3.63) is 53.9 Å². The number of carbonyl (C=O) groups is 3. The molecule has 2 aliphatic carbocycles. The summed E-state index contributed by atoms with van der Waals surface area (Å²) < 4.78 is 2.14. The van der Waals surface area contributed by atoms with E-state index in [4.69, 9.17) is 4.98 Å². The van der Waals surface area contributed by atoms with E-state index in [1.54, 1.807) is 24.1 Å². The number of likely N-dealkylation sites (N-methyl/N-ethyl adjacent to an activating group) is 1. The minimum absolute atomic E-state index is 0.0488. The normalized spacial score (nSPS) is 19.4. The number of thiophene rings is 1. The molecule has 2 aromatic heterocycles. The summed E-state index contributed by atoms with van der Waals surface area (Å²) in [7, 11) is 1.80. The van der Waals surface area contributed by atoms with Crippen molar-refractivity contribution in [2.75, 3.05) is 24.2 Å². The quantitative estimate of drug-likeness (QED) is 0.367. The lowest BCUT2D eigenvalue weighted by molar-refractivity contribution is -0.125. The van der Waals surface area contributed by atoms with Crippen LogP contribution in [-0.4, -0.2) is 45.8 Å². The Kier molecular flexibility index (Phi) is 7.41. The molecule has 1 aromatic carbocycles. The molecule has 0 aliphatic heterocycles. The average Bonchev–Trinajstić information content (AvgIpc) is 3.63. The van der Waals surface area contributed by atoms with Crippen molar-refractivity contribution < 1.29 is 14.4 Å². The minimum Gasteiger partial charge on any atom is -0.342 e. The van der Waals surface area contributed by atoms with Crippen LogP contribution in [0.4, 0.5) is 10.9 Å². The summed E-state index contributed by atoms with van der Waals surface area (Å²) in [6.07, 6.45) is 8.29. The van der Waals surface area contributed by atoms with Gasteiger partial charge >= 0.3 is 0 Å². The highest BCUT2D eigenvalue weighted by Gasteiger charge is 2.33. The first-order valence-corrected chi connectivity index (χ1v) is 13.8. The number of fused-ring (bicyclic) bond motifs is 1. The fourth-order valence-corrected chi connectivity index (χ4v) is 6.20. The Morgan fingerprint density at radius 3 is 2.65 bits per heavy atom. The summed E-state index contributed by atoms with van der Waals surface area (Å²) in [5.41, 5.74) is 1.84. The number of aromatic nitrogens is 2. The largest absolute Gasteiger partial charge is 0.342 e. The number of hydrogen-bond acceptors (Lipinski definition) is 5. The molecule has 9 heteroatoms. The molecule has 0 saturated heterocycles. The van der Waals surface area contributed by atoms with Gasteiger partial charge in [0.25, 0.3) is 5.91 Å². The van der Waals surface area contributed by atoms with Crippen LogP contribution in [0.1, 0.15) is 60.7 Å². The van der Waals surface area contributed by atoms with E-state index in [-0.39, 0.29) is 29.7 Å². The van der Waals surface area contributed by atoms with Crippen LogP contribution in [0.15, 0.2) is 49.1 Å². The summed E-state index contributed by atoms with van der Waals surface area (Å²) >= 11 is 1.28. The third-order valence-corrected chi connectivity index (χ3v) is 8.62. The van der Waals surface area contributed by atoms with Gasteiger partial charge in [-0.1, -0.05) is 31.6 Å². The number of anilines is 2. The Morgan fingerprint density at radius 2 is 1.89 bits per heavy atom. The van der Waals surface area contributed by atoms with Crippen molar-refractivity contribution >= 4 is 51.0 Å². The Balaban J connectivity index is 1.25. The van der Waals surface area contributed by atoms with Crippen LogP contribution in [0.25, 0.3) is 11.0 Å². The summed E-state index contributed by atoms with van der Waals surface area (Å²) in [6, 6.07) is 11.7. The van der Waals surface area contributed by atoms with Crippen LogP contribution in [0.2, 0.25) is 0 Å². The number of hydrogen-bond donors (Lipinski definition) is 2. The van der Waals surface area contributed by atoms with Crippen LogP contribution in [0.3, 0.4) is 0 Å². The summed E-state index contributed by atoms with van der Waals surface area (Å²) in [5.74, 6) is 0.887. The number of para-hydroxylation sites is 2. The first-order valence-electron chi connectivity index (χ1n) is 13.0. The summed E-state index contributed by atoms with van der Waals surface area (Å²) in [6.45, 7) is 4.25. The molecule has 37 heavy (non-hydrogen) atoms. The highest BCUT2D eigenvalue weighted by molar-refractivity contribution is 7.18. The van der Waals surface area contributed by atoms with Gasteiger partial charge in [-0.3, -0.25) is 19.7 Å². The zero-order valence-electron chi connectivity index (χ0n) is 21.1. The molecule has 3 aromatic rings. The summed E-state index contributed by atoms with van der Waals surface area (Å²) in [5, 5.41) is 6.69. The molecule has 8 nitrogen and oxygen atoms in total. The van der Waals surface area contributed by atoms with Crippen LogP contribution in [0, 0.1) is 11.8 Å². The van der Waals surface area contributed by atoms with E-state index < -0.39 is 0 Å². The molecule has 5 rings (SSSR count). The molecule has 3 amide bonds. The molecular weight excluding hydrogens is 486 g/mol. The third kappa shape index (κ3) is 5.46. The molecular formula is C28H33N5O3S. The van der Waals surface area contributed by atoms with E-state index in [1.807, 2.05) is 24.3 Å². The highest BCUT2D eigenvalue weighted by atomic mass is 32.1. The minimum atomic E-state index is -0.233. The SMILES string of the molecule is C=CC(=O)N(C)CCC1CC(n2c(NC(=O)c3ccc(NC(=O)C4CCCC4)s3)nc3ccccc32)C1. The lowest BCUT2D eigenvalue weighted by atomic mass is 9.78. The van der Waals surface area contributed by atoms with Gasteiger partial charge in [-0.2, -0.15) is 0 Å². The second-order valence-corrected chi connectivity index (χ2v) is 11.2. The average molecular weight is 520 g/mol. The maximum atomic E-state index is 13.1. The molecule has 2 heterocycles. The molecule has 0 bridgehead atoms. The van der Waals surface area contributed by atoms with Crippen molar-refractivity contribution in [1.29, 1.82) is 0 Å². The fraction of sp³-hybridized carbons (Fsp3) is 0.429. The second-order valence-electron chi connectivity index (χ2n) is 10.1. The van der Waals surface area contributed by atoms with Crippen molar-refractivity contribution in [2.45, 2.75) is 51.0 Å². The van der Waals surface area contributed by atoms with E-state index >= 15 is 0 Å². The number of nitrogens with one attached hydrogen (secondary N) is 2. The zero-order chi connectivity index (χ0) is 25.9. The van der Waals surface area contributed by atoms with E-state index in [1.165, 1.54) is 17.4 Å². The number of imidazole rings is 1. The Labute approximate surface area is 220 Å². The Hall–Kier alpha value is -3.46.